The summed E-state index contributed by atoms with van der Waals surface area (Å²) in [5.74, 6) is -1.03. The van der Waals surface area contributed by atoms with Gasteiger partial charge in [0.15, 0.2) is 0 Å². The number of rotatable bonds is 3. The molecule has 0 amide bonds. The Kier molecular flexibility index (Phi) is 3.98. The zero-order chi connectivity index (χ0) is 13.8. The monoisotopic (exact) mass is 278 g/mol. The first-order valence-electron chi connectivity index (χ1n) is 5.47. The fourth-order valence-corrected chi connectivity index (χ4v) is 1.78. The third-order valence-corrected chi connectivity index (χ3v) is 2.86. The second-order valence-corrected chi connectivity index (χ2v) is 4.32. The van der Waals surface area contributed by atoms with Crippen LogP contribution in [-0.2, 0) is 6.54 Å². The van der Waals surface area contributed by atoms with E-state index >= 15 is 0 Å². The Balaban J connectivity index is 2.10. The van der Waals surface area contributed by atoms with Gasteiger partial charge in [0.05, 0.1) is 10.6 Å². The van der Waals surface area contributed by atoms with E-state index in [1.54, 1.807) is 12.1 Å². The molecule has 0 atom stereocenters. The van der Waals surface area contributed by atoms with Gasteiger partial charge in [-0.05, 0) is 35.9 Å². The molecule has 5 heteroatoms. The van der Waals surface area contributed by atoms with Gasteiger partial charge in [-0.25, -0.2) is 8.78 Å². The number of nitriles is 1. The van der Waals surface area contributed by atoms with Crippen LogP contribution in [0.3, 0.4) is 0 Å². The van der Waals surface area contributed by atoms with Gasteiger partial charge in [-0.15, -0.1) is 0 Å². The molecular weight excluding hydrogens is 270 g/mol. The number of anilines is 1. The van der Waals surface area contributed by atoms with Gasteiger partial charge in [0.2, 0.25) is 0 Å². The predicted octanol–water partition coefficient (Wildman–Crippen LogP) is 4.10. The summed E-state index contributed by atoms with van der Waals surface area (Å²) >= 11 is 5.67. The van der Waals surface area contributed by atoms with Crippen LogP contribution in [0, 0.1) is 23.0 Å². The minimum absolute atomic E-state index is 0.0258. The maximum absolute atomic E-state index is 13.1. The number of benzene rings is 2. The van der Waals surface area contributed by atoms with Crippen LogP contribution in [0.4, 0.5) is 14.5 Å². The van der Waals surface area contributed by atoms with Crippen LogP contribution in [0.2, 0.25) is 5.02 Å². The van der Waals surface area contributed by atoms with Crippen molar-refractivity contribution < 1.29 is 8.78 Å². The lowest BCUT2D eigenvalue weighted by Crippen LogP contribution is -2.00. The van der Waals surface area contributed by atoms with E-state index in [1.165, 1.54) is 30.3 Å². The first-order valence-corrected chi connectivity index (χ1v) is 5.85. The summed E-state index contributed by atoms with van der Waals surface area (Å²) in [6, 6.07) is 10.3. The molecule has 2 aromatic rings. The van der Waals surface area contributed by atoms with Crippen LogP contribution in [0.1, 0.15) is 11.1 Å². The second kappa shape index (κ2) is 5.68. The summed E-state index contributed by atoms with van der Waals surface area (Å²) in [5, 5.41) is 11.8. The summed E-state index contributed by atoms with van der Waals surface area (Å²) in [7, 11) is 0. The Labute approximate surface area is 114 Å². The smallest absolute Gasteiger partial charge is 0.141 e. The van der Waals surface area contributed by atoms with E-state index in [0.29, 0.717) is 12.2 Å². The van der Waals surface area contributed by atoms with Crippen molar-refractivity contribution in [2.24, 2.45) is 0 Å². The summed E-state index contributed by atoms with van der Waals surface area (Å²) in [6.45, 7) is 0.399. The summed E-state index contributed by atoms with van der Waals surface area (Å²) < 4.78 is 26.1. The van der Waals surface area contributed by atoms with E-state index in [4.69, 9.17) is 16.9 Å². The summed E-state index contributed by atoms with van der Waals surface area (Å²) in [6.07, 6.45) is 0. The number of halogens is 3. The Morgan fingerprint density at radius 3 is 2.53 bits per heavy atom. The van der Waals surface area contributed by atoms with Gasteiger partial charge in [0.1, 0.15) is 17.7 Å². The van der Waals surface area contributed by atoms with Crippen molar-refractivity contribution in [2.45, 2.75) is 6.54 Å². The molecule has 2 aromatic carbocycles. The Morgan fingerprint density at radius 1 is 1.11 bits per heavy atom. The van der Waals surface area contributed by atoms with Gasteiger partial charge in [0, 0.05) is 12.2 Å². The van der Waals surface area contributed by atoms with Crippen LogP contribution in [0.5, 0.6) is 0 Å². The molecule has 19 heavy (non-hydrogen) atoms. The van der Waals surface area contributed by atoms with Crippen molar-refractivity contribution in [1.29, 1.82) is 5.26 Å². The lowest BCUT2D eigenvalue weighted by molar-refractivity contribution is 0.624. The van der Waals surface area contributed by atoms with Gasteiger partial charge in [0.25, 0.3) is 0 Å². The van der Waals surface area contributed by atoms with Crippen molar-refractivity contribution in [3.8, 4) is 6.07 Å². The Morgan fingerprint density at radius 2 is 1.84 bits per heavy atom. The normalized spacial score (nSPS) is 10.0. The van der Waals surface area contributed by atoms with Crippen molar-refractivity contribution >= 4 is 17.3 Å². The van der Waals surface area contributed by atoms with Crippen molar-refractivity contribution in [2.75, 3.05) is 5.32 Å². The fraction of sp³-hybridized carbons (Fsp3) is 0.0714. The van der Waals surface area contributed by atoms with E-state index < -0.39 is 11.6 Å². The molecule has 0 aliphatic heterocycles. The average molecular weight is 279 g/mol. The lowest BCUT2D eigenvalue weighted by atomic mass is 10.2. The molecule has 0 unspecified atom stereocenters. The molecule has 0 saturated heterocycles. The highest BCUT2D eigenvalue weighted by molar-refractivity contribution is 6.30. The standard InChI is InChI=1S/C14H9ClF2N2/c15-12-5-9(1-3-14(12)17)8-19-11-2-4-13(16)10(6-11)7-18/h1-6,19H,8H2. The zero-order valence-corrected chi connectivity index (χ0v) is 10.5. The molecule has 0 aliphatic rings. The van der Waals surface area contributed by atoms with Crippen LogP contribution in [0.15, 0.2) is 36.4 Å². The van der Waals surface area contributed by atoms with Gasteiger partial charge in [-0.3, -0.25) is 0 Å². The number of nitrogens with one attached hydrogen (secondary N) is 1. The third-order valence-electron chi connectivity index (χ3n) is 2.57. The summed E-state index contributed by atoms with van der Waals surface area (Å²) in [4.78, 5) is 0. The Hall–Kier alpha value is -2.12. The number of hydrogen-bond donors (Lipinski definition) is 1. The molecule has 0 spiro atoms. The maximum Gasteiger partial charge on any atom is 0.141 e. The topological polar surface area (TPSA) is 35.8 Å². The predicted molar refractivity (Wildman–Crippen MR) is 69.9 cm³/mol. The van der Waals surface area contributed by atoms with Crippen molar-refractivity contribution in [3.63, 3.8) is 0 Å². The van der Waals surface area contributed by atoms with Crippen LogP contribution >= 0.6 is 11.6 Å². The SMILES string of the molecule is N#Cc1cc(NCc2ccc(F)c(Cl)c2)ccc1F. The highest BCUT2D eigenvalue weighted by Gasteiger charge is 2.04. The van der Waals surface area contributed by atoms with Crippen molar-refractivity contribution in [1.82, 2.24) is 0 Å². The molecular formula is C14H9ClF2N2. The number of nitrogens with zero attached hydrogens (tertiary/aromatic N) is 1. The third kappa shape index (κ3) is 3.21. The molecule has 96 valence electrons. The number of hydrogen-bond acceptors (Lipinski definition) is 2. The molecule has 0 aromatic heterocycles. The van der Waals surface area contributed by atoms with Crippen molar-refractivity contribution in [3.05, 3.63) is 64.2 Å². The second-order valence-electron chi connectivity index (χ2n) is 3.91. The van der Waals surface area contributed by atoms with Gasteiger partial charge < -0.3 is 5.32 Å². The first kappa shape index (κ1) is 13.3. The minimum atomic E-state index is -0.558. The molecule has 0 heterocycles. The molecule has 1 N–H and O–H groups in total. The minimum Gasteiger partial charge on any atom is -0.381 e. The van der Waals surface area contributed by atoms with Crippen LogP contribution < -0.4 is 5.32 Å². The fourth-order valence-electron chi connectivity index (χ4n) is 1.57. The highest BCUT2D eigenvalue weighted by Crippen LogP contribution is 2.18. The average Bonchev–Trinajstić information content (AvgIpc) is 2.41. The molecule has 0 bridgehead atoms. The molecule has 2 nitrogen and oxygen atoms in total. The van der Waals surface area contributed by atoms with Crippen LogP contribution in [0.25, 0.3) is 0 Å². The van der Waals surface area contributed by atoms with E-state index in [9.17, 15) is 8.78 Å². The largest absolute Gasteiger partial charge is 0.381 e. The van der Waals surface area contributed by atoms with E-state index in [2.05, 4.69) is 5.32 Å². The van der Waals surface area contributed by atoms with Gasteiger partial charge >= 0.3 is 0 Å². The maximum atomic E-state index is 13.1. The molecule has 0 radical (unpaired) electrons. The van der Waals surface area contributed by atoms with E-state index in [0.717, 1.165) is 5.56 Å². The van der Waals surface area contributed by atoms with E-state index in [-0.39, 0.29) is 10.6 Å². The zero-order valence-electron chi connectivity index (χ0n) is 9.75. The first-order chi connectivity index (χ1) is 9.10. The molecule has 0 aliphatic carbocycles. The summed E-state index contributed by atoms with van der Waals surface area (Å²) in [5.41, 5.74) is 1.37. The molecule has 0 saturated carbocycles. The molecule has 0 fully saturated rings. The Bertz CT molecular complexity index is 650. The highest BCUT2D eigenvalue weighted by atomic mass is 35.5. The van der Waals surface area contributed by atoms with Crippen LogP contribution in [-0.4, -0.2) is 0 Å². The lowest BCUT2D eigenvalue weighted by Gasteiger charge is -2.07. The molecule has 2 rings (SSSR count). The van der Waals surface area contributed by atoms with E-state index in [1.807, 2.05) is 0 Å². The van der Waals surface area contributed by atoms with Gasteiger partial charge in [-0.2, -0.15) is 5.26 Å². The van der Waals surface area contributed by atoms with Gasteiger partial charge in [-0.1, -0.05) is 17.7 Å². The quantitative estimate of drug-likeness (QED) is 0.917.